The minimum atomic E-state index is -2.65. The van der Waals surface area contributed by atoms with E-state index in [9.17, 15) is 18.7 Å². The Morgan fingerprint density at radius 1 is 1.25 bits per heavy atom. The van der Waals surface area contributed by atoms with Crippen molar-refractivity contribution in [3.63, 3.8) is 0 Å². The predicted molar refractivity (Wildman–Crippen MR) is 54.2 cm³/mol. The molecule has 2 fully saturated rings. The normalized spacial score (nSPS) is 39.1. The molecule has 3 nitrogen and oxygen atoms in total. The summed E-state index contributed by atoms with van der Waals surface area (Å²) in [4.78, 5) is 11.3. The molecule has 0 atom stereocenters. The van der Waals surface area contributed by atoms with Crippen LogP contribution in [0.15, 0.2) is 0 Å². The molecule has 0 aromatic carbocycles. The highest BCUT2D eigenvalue weighted by molar-refractivity contribution is 5.75. The predicted octanol–water partition coefficient (Wildman–Crippen LogP) is 2.00. The summed E-state index contributed by atoms with van der Waals surface area (Å²) in [6.07, 6.45) is 1.63. The van der Waals surface area contributed by atoms with E-state index in [1.54, 1.807) is 0 Å². The Bertz CT molecular complexity index is 290. The molecular weight excluding hydrogens is 216 g/mol. The lowest BCUT2D eigenvalue weighted by Gasteiger charge is -2.48. The standard InChI is InChI=1S/C11H17F2NO2/c12-11(13)5-7(6-11)10(9(15)16)3-1-8(14)2-4-10/h7-8H,1-6,14H2,(H,15,16). The molecule has 2 rings (SSSR count). The smallest absolute Gasteiger partial charge is 0.309 e. The fourth-order valence-corrected chi connectivity index (χ4v) is 3.00. The maximum absolute atomic E-state index is 12.8. The maximum atomic E-state index is 12.8. The second-order valence-corrected chi connectivity index (χ2v) is 5.26. The van der Waals surface area contributed by atoms with Crippen LogP contribution in [0.3, 0.4) is 0 Å². The number of carbonyl (C=O) groups is 1. The Balaban J connectivity index is 2.09. The first kappa shape index (κ1) is 11.8. The number of aliphatic carboxylic acids is 1. The molecule has 0 saturated heterocycles. The Morgan fingerprint density at radius 3 is 2.12 bits per heavy atom. The average Bonchev–Trinajstić information content (AvgIpc) is 2.15. The van der Waals surface area contributed by atoms with Crippen molar-refractivity contribution in [2.75, 3.05) is 0 Å². The van der Waals surface area contributed by atoms with Crippen LogP contribution >= 0.6 is 0 Å². The van der Waals surface area contributed by atoms with Gasteiger partial charge in [0.15, 0.2) is 0 Å². The lowest BCUT2D eigenvalue weighted by molar-refractivity contribution is -0.182. The molecule has 0 radical (unpaired) electrons. The van der Waals surface area contributed by atoms with E-state index in [0.717, 1.165) is 0 Å². The Kier molecular flexibility index (Phi) is 2.69. The van der Waals surface area contributed by atoms with Crippen LogP contribution in [0.5, 0.6) is 0 Å². The van der Waals surface area contributed by atoms with Crippen molar-refractivity contribution in [1.82, 2.24) is 0 Å². The van der Waals surface area contributed by atoms with Crippen LogP contribution < -0.4 is 5.73 Å². The molecule has 2 saturated carbocycles. The number of rotatable bonds is 2. The molecule has 0 spiro atoms. The van der Waals surface area contributed by atoms with E-state index < -0.39 is 17.3 Å². The average molecular weight is 233 g/mol. The molecule has 0 aliphatic heterocycles. The Labute approximate surface area is 93.0 Å². The molecule has 2 aliphatic rings. The van der Waals surface area contributed by atoms with Gasteiger partial charge in [0.2, 0.25) is 5.92 Å². The van der Waals surface area contributed by atoms with Crippen molar-refractivity contribution in [3.05, 3.63) is 0 Å². The molecular formula is C11H17F2NO2. The molecule has 0 aromatic heterocycles. The van der Waals surface area contributed by atoms with Gasteiger partial charge in [-0.2, -0.15) is 0 Å². The van der Waals surface area contributed by atoms with Crippen LogP contribution in [-0.4, -0.2) is 23.0 Å². The molecule has 3 N–H and O–H groups in total. The number of hydrogen-bond acceptors (Lipinski definition) is 2. The third-order valence-electron chi connectivity index (χ3n) is 4.22. The summed E-state index contributed by atoms with van der Waals surface area (Å²) in [5.74, 6) is -3.93. The van der Waals surface area contributed by atoms with Gasteiger partial charge in [-0.1, -0.05) is 0 Å². The summed E-state index contributed by atoms with van der Waals surface area (Å²) >= 11 is 0. The summed E-state index contributed by atoms with van der Waals surface area (Å²) in [5.41, 5.74) is 4.79. The Morgan fingerprint density at radius 2 is 1.75 bits per heavy atom. The molecule has 0 unspecified atom stereocenters. The van der Waals surface area contributed by atoms with Gasteiger partial charge in [0, 0.05) is 18.9 Å². The first-order valence-corrected chi connectivity index (χ1v) is 5.72. The minimum absolute atomic E-state index is 0.0352. The van der Waals surface area contributed by atoms with E-state index >= 15 is 0 Å². The lowest BCUT2D eigenvalue weighted by atomic mass is 9.57. The van der Waals surface area contributed by atoms with Crippen LogP contribution in [-0.2, 0) is 4.79 Å². The molecule has 0 bridgehead atoms. The number of carboxylic acids is 1. The molecule has 0 aromatic rings. The third-order valence-corrected chi connectivity index (χ3v) is 4.22. The quantitative estimate of drug-likeness (QED) is 0.766. The van der Waals surface area contributed by atoms with Crippen molar-refractivity contribution in [1.29, 1.82) is 0 Å². The van der Waals surface area contributed by atoms with Gasteiger partial charge in [0.05, 0.1) is 5.41 Å². The van der Waals surface area contributed by atoms with Gasteiger partial charge in [-0.15, -0.1) is 0 Å². The zero-order valence-corrected chi connectivity index (χ0v) is 9.09. The zero-order chi connectivity index (χ0) is 12.0. The van der Waals surface area contributed by atoms with Crippen LogP contribution in [0.25, 0.3) is 0 Å². The lowest BCUT2D eigenvalue weighted by Crippen LogP contribution is -2.52. The number of halogens is 2. The van der Waals surface area contributed by atoms with E-state index in [1.807, 2.05) is 0 Å². The molecule has 16 heavy (non-hydrogen) atoms. The number of hydrogen-bond donors (Lipinski definition) is 2. The second-order valence-electron chi connectivity index (χ2n) is 5.26. The molecule has 2 aliphatic carbocycles. The topological polar surface area (TPSA) is 63.3 Å². The summed E-state index contributed by atoms with van der Waals surface area (Å²) in [6.45, 7) is 0. The van der Waals surface area contributed by atoms with Gasteiger partial charge < -0.3 is 10.8 Å². The number of alkyl halides is 2. The number of nitrogens with two attached hydrogens (primary N) is 1. The fraction of sp³-hybridized carbons (Fsp3) is 0.909. The van der Waals surface area contributed by atoms with E-state index in [4.69, 9.17) is 5.73 Å². The van der Waals surface area contributed by atoms with E-state index in [2.05, 4.69) is 0 Å². The van der Waals surface area contributed by atoms with Crippen molar-refractivity contribution >= 4 is 5.97 Å². The Hall–Kier alpha value is -0.710. The fourth-order valence-electron chi connectivity index (χ4n) is 3.00. The third kappa shape index (κ3) is 1.81. The van der Waals surface area contributed by atoms with Crippen LogP contribution in [0.1, 0.15) is 38.5 Å². The maximum Gasteiger partial charge on any atom is 0.309 e. The second kappa shape index (κ2) is 3.65. The monoisotopic (exact) mass is 233 g/mol. The van der Waals surface area contributed by atoms with Crippen molar-refractivity contribution < 1.29 is 18.7 Å². The van der Waals surface area contributed by atoms with Gasteiger partial charge >= 0.3 is 5.97 Å². The first-order chi connectivity index (χ1) is 7.36. The van der Waals surface area contributed by atoms with Crippen molar-refractivity contribution in [2.45, 2.75) is 50.5 Å². The van der Waals surface area contributed by atoms with Gasteiger partial charge in [0.1, 0.15) is 0 Å². The highest BCUT2D eigenvalue weighted by atomic mass is 19.3. The molecule has 5 heteroatoms. The van der Waals surface area contributed by atoms with Crippen LogP contribution in [0, 0.1) is 11.3 Å². The van der Waals surface area contributed by atoms with Crippen molar-refractivity contribution in [2.24, 2.45) is 17.1 Å². The highest BCUT2D eigenvalue weighted by Crippen LogP contribution is 2.56. The van der Waals surface area contributed by atoms with Crippen LogP contribution in [0.2, 0.25) is 0 Å². The van der Waals surface area contributed by atoms with Gasteiger partial charge in [-0.25, -0.2) is 8.78 Å². The molecule has 0 heterocycles. The SMILES string of the molecule is NC1CCC(C(=O)O)(C2CC(F)(F)C2)CC1. The van der Waals surface area contributed by atoms with Gasteiger partial charge in [0.25, 0.3) is 0 Å². The number of carboxylic acid groups (broad SMARTS) is 1. The largest absolute Gasteiger partial charge is 0.481 e. The van der Waals surface area contributed by atoms with Gasteiger partial charge in [-0.05, 0) is 31.6 Å². The summed E-state index contributed by atoms with van der Waals surface area (Å²) in [5, 5.41) is 9.29. The van der Waals surface area contributed by atoms with Gasteiger partial charge in [-0.3, -0.25) is 4.79 Å². The molecule has 0 amide bonds. The first-order valence-electron chi connectivity index (χ1n) is 5.72. The van der Waals surface area contributed by atoms with E-state index in [0.29, 0.717) is 25.7 Å². The summed E-state index contributed by atoms with van der Waals surface area (Å²) < 4.78 is 25.7. The van der Waals surface area contributed by atoms with Crippen LogP contribution in [0.4, 0.5) is 8.78 Å². The zero-order valence-electron chi connectivity index (χ0n) is 9.09. The minimum Gasteiger partial charge on any atom is -0.481 e. The summed E-state index contributed by atoms with van der Waals surface area (Å²) in [6, 6.07) is 0.0352. The van der Waals surface area contributed by atoms with Crippen molar-refractivity contribution in [3.8, 4) is 0 Å². The highest BCUT2D eigenvalue weighted by Gasteiger charge is 2.58. The van der Waals surface area contributed by atoms with E-state index in [-0.39, 0.29) is 24.8 Å². The molecule has 92 valence electrons. The van der Waals surface area contributed by atoms with E-state index in [1.165, 1.54) is 0 Å². The summed E-state index contributed by atoms with van der Waals surface area (Å²) in [7, 11) is 0.